The summed E-state index contributed by atoms with van der Waals surface area (Å²) in [6, 6.07) is 7.22. The zero-order chi connectivity index (χ0) is 16.4. The van der Waals surface area contributed by atoms with Crippen LogP contribution in [0.15, 0.2) is 33.2 Å². The second-order valence-corrected chi connectivity index (χ2v) is 6.65. The van der Waals surface area contributed by atoms with Crippen LogP contribution in [-0.4, -0.2) is 20.0 Å². The minimum absolute atomic E-state index is 0.0436. The molecule has 2 aromatic rings. The number of carbonyl (C=O) groups is 1. The van der Waals surface area contributed by atoms with Crippen LogP contribution in [0.2, 0.25) is 0 Å². The molecule has 0 aromatic heterocycles. The third kappa shape index (κ3) is 3.20. The predicted molar refractivity (Wildman–Crippen MR) is 94.3 cm³/mol. The lowest BCUT2D eigenvalue weighted by molar-refractivity contribution is 0.103. The summed E-state index contributed by atoms with van der Waals surface area (Å²) in [6.07, 6.45) is 0. The number of carbonyl (C=O) groups excluding carboxylic acids is 1. The predicted octanol–water partition coefficient (Wildman–Crippen LogP) is 5.08. The number of methoxy groups -OCH3 is 2. The van der Waals surface area contributed by atoms with Gasteiger partial charge < -0.3 is 9.47 Å². The first-order valence-electron chi connectivity index (χ1n) is 6.62. The van der Waals surface area contributed by atoms with Crippen molar-refractivity contribution in [3.05, 3.63) is 55.5 Å². The fourth-order valence-corrected chi connectivity index (χ4v) is 3.85. The summed E-state index contributed by atoms with van der Waals surface area (Å²) >= 11 is 6.89. The van der Waals surface area contributed by atoms with E-state index in [-0.39, 0.29) is 5.78 Å². The smallest absolute Gasteiger partial charge is 0.193 e. The maximum absolute atomic E-state index is 12.7. The first kappa shape index (κ1) is 17.0. The summed E-state index contributed by atoms with van der Waals surface area (Å²) in [6.45, 7) is 3.82. The van der Waals surface area contributed by atoms with E-state index >= 15 is 0 Å². The van der Waals surface area contributed by atoms with Crippen molar-refractivity contribution in [3.8, 4) is 11.5 Å². The van der Waals surface area contributed by atoms with Gasteiger partial charge in [-0.25, -0.2) is 0 Å². The molecule has 0 amide bonds. The summed E-state index contributed by atoms with van der Waals surface area (Å²) in [4.78, 5) is 12.7. The molecule has 0 N–H and O–H groups in total. The van der Waals surface area contributed by atoms with Crippen LogP contribution >= 0.6 is 31.9 Å². The third-order valence-electron chi connectivity index (χ3n) is 3.39. The molecule has 0 fully saturated rings. The lowest BCUT2D eigenvalue weighted by Crippen LogP contribution is -2.04. The van der Waals surface area contributed by atoms with Gasteiger partial charge in [-0.1, -0.05) is 0 Å². The van der Waals surface area contributed by atoms with Gasteiger partial charge in [-0.05, 0) is 81.1 Å². The van der Waals surface area contributed by atoms with Gasteiger partial charge in [0.05, 0.1) is 23.2 Å². The maximum atomic E-state index is 12.7. The maximum Gasteiger partial charge on any atom is 0.193 e. The van der Waals surface area contributed by atoms with Crippen molar-refractivity contribution in [2.75, 3.05) is 14.2 Å². The molecule has 2 aromatic carbocycles. The fraction of sp³-hybridized carbons (Fsp3) is 0.235. The highest BCUT2D eigenvalue weighted by Crippen LogP contribution is 2.33. The number of hydrogen-bond donors (Lipinski definition) is 0. The Kier molecular flexibility index (Phi) is 5.29. The Morgan fingerprint density at radius 1 is 0.818 bits per heavy atom. The largest absolute Gasteiger partial charge is 0.495 e. The van der Waals surface area contributed by atoms with Crippen molar-refractivity contribution in [3.63, 3.8) is 0 Å². The van der Waals surface area contributed by atoms with Crippen LogP contribution in [0.5, 0.6) is 11.5 Å². The SMILES string of the molecule is COc1c(C)cc(C(=O)c2cc(C)c(OC)c(Br)c2)cc1Br. The molecular formula is C17H16Br2O3. The molecular weight excluding hydrogens is 412 g/mol. The monoisotopic (exact) mass is 426 g/mol. The second kappa shape index (κ2) is 6.84. The normalized spacial score (nSPS) is 10.5. The van der Waals surface area contributed by atoms with Gasteiger partial charge in [0.25, 0.3) is 0 Å². The van der Waals surface area contributed by atoms with Crippen molar-refractivity contribution in [1.82, 2.24) is 0 Å². The van der Waals surface area contributed by atoms with E-state index in [1.807, 2.05) is 26.0 Å². The molecule has 0 bridgehead atoms. The molecule has 0 heterocycles. The molecule has 0 unspecified atom stereocenters. The minimum Gasteiger partial charge on any atom is -0.495 e. The van der Waals surface area contributed by atoms with Gasteiger partial charge in [0, 0.05) is 11.1 Å². The number of aryl methyl sites for hydroxylation is 2. The minimum atomic E-state index is -0.0436. The highest BCUT2D eigenvalue weighted by molar-refractivity contribution is 9.10. The Morgan fingerprint density at radius 2 is 1.18 bits per heavy atom. The van der Waals surface area contributed by atoms with E-state index in [4.69, 9.17) is 9.47 Å². The van der Waals surface area contributed by atoms with E-state index in [1.54, 1.807) is 26.4 Å². The van der Waals surface area contributed by atoms with Crippen LogP contribution in [0, 0.1) is 13.8 Å². The van der Waals surface area contributed by atoms with Gasteiger partial charge >= 0.3 is 0 Å². The molecule has 5 heteroatoms. The van der Waals surface area contributed by atoms with E-state index in [0.717, 1.165) is 31.6 Å². The molecule has 0 saturated carbocycles. The van der Waals surface area contributed by atoms with Crippen molar-refractivity contribution in [2.24, 2.45) is 0 Å². The first-order valence-corrected chi connectivity index (χ1v) is 8.20. The van der Waals surface area contributed by atoms with Gasteiger partial charge in [0.2, 0.25) is 0 Å². The number of benzene rings is 2. The van der Waals surface area contributed by atoms with Gasteiger partial charge in [-0.15, -0.1) is 0 Å². The first-order chi connectivity index (χ1) is 10.4. The molecule has 0 aliphatic carbocycles. The van der Waals surface area contributed by atoms with Gasteiger partial charge in [-0.3, -0.25) is 4.79 Å². The summed E-state index contributed by atoms with van der Waals surface area (Å²) in [5, 5.41) is 0. The highest BCUT2D eigenvalue weighted by atomic mass is 79.9. The van der Waals surface area contributed by atoms with Crippen LogP contribution in [0.25, 0.3) is 0 Å². The Morgan fingerprint density at radius 3 is 1.45 bits per heavy atom. The molecule has 0 spiro atoms. The van der Waals surface area contributed by atoms with E-state index < -0.39 is 0 Å². The van der Waals surface area contributed by atoms with Gasteiger partial charge in [0.1, 0.15) is 11.5 Å². The summed E-state index contributed by atoms with van der Waals surface area (Å²) in [5.41, 5.74) is 3.04. The lowest BCUT2D eigenvalue weighted by Gasteiger charge is -2.12. The van der Waals surface area contributed by atoms with Crippen molar-refractivity contribution >= 4 is 37.6 Å². The third-order valence-corrected chi connectivity index (χ3v) is 4.57. The molecule has 2 rings (SSSR count). The summed E-state index contributed by atoms with van der Waals surface area (Å²) in [7, 11) is 3.22. The Hall–Kier alpha value is -1.33. The van der Waals surface area contributed by atoms with E-state index in [0.29, 0.717) is 11.1 Å². The number of rotatable bonds is 4. The van der Waals surface area contributed by atoms with Crippen LogP contribution in [-0.2, 0) is 0 Å². The van der Waals surface area contributed by atoms with E-state index in [9.17, 15) is 4.79 Å². The summed E-state index contributed by atoms with van der Waals surface area (Å²) in [5.74, 6) is 1.44. The van der Waals surface area contributed by atoms with Gasteiger partial charge in [0.15, 0.2) is 5.78 Å². The number of ketones is 1. The van der Waals surface area contributed by atoms with E-state index in [2.05, 4.69) is 31.9 Å². The van der Waals surface area contributed by atoms with Crippen LogP contribution < -0.4 is 9.47 Å². The van der Waals surface area contributed by atoms with Crippen molar-refractivity contribution in [1.29, 1.82) is 0 Å². The topological polar surface area (TPSA) is 35.5 Å². The Labute approximate surface area is 146 Å². The Balaban J connectivity index is 2.49. The molecule has 0 aliphatic rings. The number of hydrogen-bond acceptors (Lipinski definition) is 3. The molecule has 0 aliphatic heterocycles. The average molecular weight is 428 g/mol. The molecule has 3 nitrogen and oxygen atoms in total. The van der Waals surface area contributed by atoms with Crippen LogP contribution in [0.1, 0.15) is 27.0 Å². The zero-order valence-electron chi connectivity index (χ0n) is 12.8. The molecule has 22 heavy (non-hydrogen) atoms. The highest BCUT2D eigenvalue weighted by Gasteiger charge is 2.16. The fourth-order valence-electron chi connectivity index (χ4n) is 2.41. The molecule has 116 valence electrons. The Bertz CT molecular complexity index is 631. The second-order valence-electron chi connectivity index (χ2n) is 4.95. The standard InChI is InChI=1S/C17H16Br2O3/c1-9-5-11(7-13(18)16(9)21-3)15(20)12-6-10(2)17(22-4)14(19)8-12/h5-8H,1-4H3. The molecule has 0 saturated heterocycles. The number of ether oxygens (including phenoxy) is 2. The van der Waals surface area contributed by atoms with E-state index in [1.165, 1.54) is 0 Å². The molecule has 0 atom stereocenters. The van der Waals surface area contributed by atoms with Crippen LogP contribution in [0.4, 0.5) is 0 Å². The zero-order valence-corrected chi connectivity index (χ0v) is 16.0. The summed E-state index contributed by atoms with van der Waals surface area (Å²) < 4.78 is 12.1. The lowest BCUT2D eigenvalue weighted by atomic mass is 9.99. The number of halogens is 2. The van der Waals surface area contributed by atoms with Crippen molar-refractivity contribution < 1.29 is 14.3 Å². The average Bonchev–Trinajstić information content (AvgIpc) is 2.45. The van der Waals surface area contributed by atoms with Crippen molar-refractivity contribution in [2.45, 2.75) is 13.8 Å². The van der Waals surface area contributed by atoms with Gasteiger partial charge in [-0.2, -0.15) is 0 Å². The quantitative estimate of drug-likeness (QED) is 0.638. The van der Waals surface area contributed by atoms with Crippen LogP contribution in [0.3, 0.4) is 0 Å². The molecule has 0 radical (unpaired) electrons.